The van der Waals surface area contributed by atoms with Crippen LogP contribution in [-0.4, -0.2) is 25.1 Å². The Kier molecular flexibility index (Phi) is 5.22. The van der Waals surface area contributed by atoms with Crippen LogP contribution >= 0.6 is 0 Å². The molecule has 0 fully saturated rings. The van der Waals surface area contributed by atoms with E-state index in [1.54, 1.807) is 23.7 Å². The van der Waals surface area contributed by atoms with E-state index >= 15 is 0 Å². The Labute approximate surface area is 171 Å². The zero-order valence-corrected chi connectivity index (χ0v) is 16.8. The summed E-state index contributed by atoms with van der Waals surface area (Å²) in [7, 11) is 1.67. The number of H-pyrrole nitrogens is 1. The number of benzene rings is 2. The number of nitrogens with zero attached hydrogens (tertiary/aromatic N) is 3. The first-order chi connectivity index (χ1) is 14.5. The van der Waals surface area contributed by atoms with Crippen LogP contribution in [0, 0.1) is 0 Å². The second-order valence-corrected chi connectivity index (χ2v) is 7.13. The number of fused-ring (bicyclic) bond motifs is 2. The van der Waals surface area contributed by atoms with Crippen molar-refractivity contribution in [2.75, 3.05) is 0 Å². The lowest BCUT2D eigenvalue weighted by atomic mass is 10.1. The Morgan fingerprint density at radius 1 is 1.13 bits per heavy atom. The summed E-state index contributed by atoms with van der Waals surface area (Å²) in [5.41, 5.74) is 0.0464. The van der Waals surface area contributed by atoms with Gasteiger partial charge in [-0.3, -0.25) is 14.3 Å². The number of nitrogens with one attached hydrogen (secondary N) is 1. The van der Waals surface area contributed by atoms with Crippen molar-refractivity contribution in [3.8, 4) is 0 Å². The van der Waals surface area contributed by atoms with Crippen molar-refractivity contribution < 1.29 is 9.53 Å². The molecule has 2 aromatic heterocycles. The number of imidazole rings is 1. The molecule has 0 atom stereocenters. The average Bonchev–Trinajstić information content (AvgIpc) is 3.08. The fourth-order valence-electron chi connectivity index (χ4n) is 3.56. The molecule has 8 nitrogen and oxygen atoms in total. The standard InChI is InChI=1S/C22H22N4O4/c1-3-4-12-26-19-18(20(27)24-22(26)29)25(2)17(23-19)13-30-21(28)16-11-7-9-14-8-5-6-10-15(14)16/h5-11H,3-4,12-13H2,1-2H3,(H,24,27,29). The summed E-state index contributed by atoms with van der Waals surface area (Å²) >= 11 is 0. The van der Waals surface area contributed by atoms with E-state index in [1.165, 1.54) is 4.57 Å². The molecular formula is C22H22N4O4. The minimum atomic E-state index is -0.510. The monoisotopic (exact) mass is 406 g/mol. The van der Waals surface area contributed by atoms with Crippen molar-refractivity contribution >= 4 is 27.9 Å². The molecule has 0 unspecified atom stereocenters. The van der Waals surface area contributed by atoms with Gasteiger partial charge >= 0.3 is 11.7 Å². The summed E-state index contributed by atoms with van der Waals surface area (Å²) in [5, 5.41) is 1.75. The highest BCUT2D eigenvalue weighted by Gasteiger charge is 2.18. The Morgan fingerprint density at radius 3 is 2.70 bits per heavy atom. The Balaban J connectivity index is 1.66. The van der Waals surface area contributed by atoms with Crippen molar-refractivity contribution in [3.63, 3.8) is 0 Å². The summed E-state index contributed by atoms with van der Waals surface area (Å²) in [6.07, 6.45) is 1.68. The van der Waals surface area contributed by atoms with Crippen molar-refractivity contribution in [2.45, 2.75) is 32.9 Å². The molecule has 0 saturated carbocycles. The molecule has 0 aliphatic heterocycles. The Morgan fingerprint density at radius 2 is 1.90 bits per heavy atom. The number of aromatic amines is 1. The van der Waals surface area contributed by atoms with Crippen molar-refractivity contribution in [1.29, 1.82) is 0 Å². The van der Waals surface area contributed by atoms with E-state index in [1.807, 2.05) is 37.3 Å². The molecule has 0 saturated heterocycles. The van der Waals surface area contributed by atoms with Gasteiger partial charge in [0, 0.05) is 13.6 Å². The van der Waals surface area contributed by atoms with Crippen LogP contribution in [0.25, 0.3) is 21.9 Å². The van der Waals surface area contributed by atoms with Gasteiger partial charge in [0.1, 0.15) is 12.4 Å². The fourth-order valence-corrected chi connectivity index (χ4v) is 3.56. The molecule has 1 N–H and O–H groups in total. The molecule has 0 aliphatic rings. The molecule has 4 rings (SSSR count). The first-order valence-electron chi connectivity index (χ1n) is 9.84. The van der Waals surface area contributed by atoms with Gasteiger partial charge in [-0.15, -0.1) is 0 Å². The van der Waals surface area contributed by atoms with Gasteiger partial charge in [-0.1, -0.05) is 49.7 Å². The van der Waals surface area contributed by atoms with Gasteiger partial charge in [0.25, 0.3) is 5.56 Å². The first-order valence-corrected chi connectivity index (χ1v) is 9.84. The van der Waals surface area contributed by atoms with Crippen LogP contribution in [-0.2, 0) is 24.9 Å². The number of aromatic nitrogens is 4. The summed E-state index contributed by atoms with van der Waals surface area (Å²) in [4.78, 5) is 44.0. The lowest BCUT2D eigenvalue weighted by Gasteiger charge is -2.07. The van der Waals surface area contributed by atoms with Gasteiger partial charge < -0.3 is 9.30 Å². The SMILES string of the molecule is CCCCn1c(=O)[nH]c(=O)c2c1nc(COC(=O)c1cccc3ccccc13)n2C. The maximum atomic E-state index is 12.7. The van der Waals surface area contributed by atoms with Gasteiger partial charge in [-0.25, -0.2) is 14.6 Å². The smallest absolute Gasteiger partial charge is 0.339 e. The highest BCUT2D eigenvalue weighted by Crippen LogP contribution is 2.20. The van der Waals surface area contributed by atoms with Crippen LogP contribution in [0.1, 0.15) is 35.9 Å². The Bertz CT molecular complexity index is 1360. The number of carbonyl (C=O) groups is 1. The molecular weight excluding hydrogens is 384 g/mol. The molecule has 0 amide bonds. The second-order valence-electron chi connectivity index (χ2n) is 7.13. The van der Waals surface area contributed by atoms with E-state index in [4.69, 9.17) is 4.74 Å². The number of aryl methyl sites for hydroxylation is 2. The van der Waals surface area contributed by atoms with Gasteiger partial charge in [0.15, 0.2) is 11.2 Å². The van der Waals surface area contributed by atoms with E-state index in [9.17, 15) is 14.4 Å². The zero-order valence-electron chi connectivity index (χ0n) is 16.8. The average molecular weight is 406 g/mol. The van der Waals surface area contributed by atoms with E-state index in [0.717, 1.165) is 23.6 Å². The molecule has 0 radical (unpaired) electrons. The highest BCUT2D eigenvalue weighted by atomic mass is 16.5. The van der Waals surface area contributed by atoms with Gasteiger partial charge in [-0.2, -0.15) is 0 Å². The number of unbranched alkanes of at least 4 members (excludes halogenated alkanes) is 1. The van der Waals surface area contributed by atoms with Crippen LogP contribution in [0.5, 0.6) is 0 Å². The molecule has 0 spiro atoms. The minimum Gasteiger partial charge on any atom is -0.454 e. The van der Waals surface area contributed by atoms with Crippen molar-refractivity contribution in [1.82, 2.24) is 19.1 Å². The lowest BCUT2D eigenvalue weighted by molar-refractivity contribution is 0.0462. The number of hydrogen-bond acceptors (Lipinski definition) is 5. The number of esters is 1. The summed E-state index contributed by atoms with van der Waals surface area (Å²) in [6, 6.07) is 13.0. The van der Waals surface area contributed by atoms with E-state index in [0.29, 0.717) is 23.6 Å². The van der Waals surface area contributed by atoms with Crippen LogP contribution in [0.3, 0.4) is 0 Å². The maximum Gasteiger partial charge on any atom is 0.339 e. The highest BCUT2D eigenvalue weighted by molar-refractivity contribution is 6.04. The van der Waals surface area contributed by atoms with Crippen LogP contribution in [0.15, 0.2) is 52.1 Å². The van der Waals surface area contributed by atoms with Crippen molar-refractivity contribution in [3.05, 3.63) is 74.7 Å². The predicted octanol–water partition coefficient (Wildman–Crippen LogP) is 2.73. The van der Waals surface area contributed by atoms with Crippen LogP contribution in [0.4, 0.5) is 0 Å². The largest absolute Gasteiger partial charge is 0.454 e. The molecule has 4 aromatic rings. The number of carbonyl (C=O) groups excluding carboxylic acids is 1. The summed E-state index contributed by atoms with van der Waals surface area (Å²) < 4.78 is 8.52. The molecule has 154 valence electrons. The van der Waals surface area contributed by atoms with Gasteiger partial charge in [-0.05, 0) is 23.3 Å². The number of hydrogen-bond donors (Lipinski definition) is 1. The molecule has 0 aliphatic carbocycles. The normalized spacial score (nSPS) is 11.3. The maximum absolute atomic E-state index is 12.7. The zero-order chi connectivity index (χ0) is 21.3. The topological polar surface area (TPSA) is 99.0 Å². The fraction of sp³-hybridized carbons (Fsp3) is 0.273. The van der Waals surface area contributed by atoms with E-state index in [2.05, 4.69) is 9.97 Å². The molecule has 2 heterocycles. The molecule has 2 aromatic carbocycles. The van der Waals surface area contributed by atoms with Crippen LogP contribution in [0.2, 0.25) is 0 Å². The third-order valence-corrected chi connectivity index (χ3v) is 5.18. The first kappa shape index (κ1) is 19.6. The quantitative estimate of drug-likeness (QED) is 0.497. The summed E-state index contributed by atoms with van der Waals surface area (Å²) in [5.74, 6) is -0.0870. The van der Waals surface area contributed by atoms with E-state index < -0.39 is 17.2 Å². The Hall–Kier alpha value is -3.68. The summed E-state index contributed by atoms with van der Waals surface area (Å²) in [6.45, 7) is 2.36. The minimum absolute atomic E-state index is 0.116. The van der Waals surface area contributed by atoms with E-state index in [-0.39, 0.29) is 12.1 Å². The molecule has 8 heteroatoms. The van der Waals surface area contributed by atoms with Crippen molar-refractivity contribution in [2.24, 2.45) is 7.05 Å². The van der Waals surface area contributed by atoms with Crippen LogP contribution < -0.4 is 11.2 Å². The third kappa shape index (κ3) is 3.41. The molecule has 30 heavy (non-hydrogen) atoms. The molecule has 0 bridgehead atoms. The third-order valence-electron chi connectivity index (χ3n) is 5.18. The number of ether oxygens (including phenoxy) is 1. The van der Waals surface area contributed by atoms with Gasteiger partial charge in [0.05, 0.1) is 5.56 Å². The second kappa shape index (κ2) is 7.98. The number of rotatable bonds is 6. The van der Waals surface area contributed by atoms with Gasteiger partial charge in [0.2, 0.25) is 0 Å². The predicted molar refractivity (Wildman–Crippen MR) is 114 cm³/mol. The lowest BCUT2D eigenvalue weighted by Crippen LogP contribution is -2.31.